The molecule has 3 N–H and O–H groups in total. The SMILES string of the molecule is CCN(CC)C(=O)C(C)Nc1nc2ccccc2nc1N. The molecule has 2 rings (SSSR count). The summed E-state index contributed by atoms with van der Waals surface area (Å²) < 4.78 is 0. The molecule has 0 saturated carbocycles. The van der Waals surface area contributed by atoms with E-state index in [1.165, 1.54) is 0 Å². The highest BCUT2D eigenvalue weighted by atomic mass is 16.2. The lowest BCUT2D eigenvalue weighted by molar-refractivity contribution is -0.131. The Balaban J connectivity index is 2.22. The summed E-state index contributed by atoms with van der Waals surface area (Å²) in [4.78, 5) is 22.8. The monoisotopic (exact) mass is 287 g/mol. The van der Waals surface area contributed by atoms with E-state index in [-0.39, 0.29) is 5.91 Å². The van der Waals surface area contributed by atoms with Crippen molar-refractivity contribution in [3.05, 3.63) is 24.3 Å². The minimum Gasteiger partial charge on any atom is -0.381 e. The lowest BCUT2D eigenvalue weighted by Gasteiger charge is -2.24. The number of carbonyl (C=O) groups is 1. The summed E-state index contributed by atoms with van der Waals surface area (Å²) in [6, 6.07) is 7.09. The molecule has 0 aliphatic heterocycles. The summed E-state index contributed by atoms with van der Waals surface area (Å²) in [5, 5.41) is 3.06. The second-order valence-corrected chi connectivity index (χ2v) is 4.82. The van der Waals surface area contributed by atoms with Crippen LogP contribution in [-0.2, 0) is 4.79 Å². The Labute approximate surface area is 124 Å². The van der Waals surface area contributed by atoms with E-state index < -0.39 is 6.04 Å². The van der Waals surface area contributed by atoms with Crippen molar-refractivity contribution in [1.29, 1.82) is 0 Å². The van der Waals surface area contributed by atoms with Crippen LogP contribution in [-0.4, -0.2) is 39.9 Å². The van der Waals surface area contributed by atoms with Crippen molar-refractivity contribution < 1.29 is 4.79 Å². The Hall–Kier alpha value is -2.37. The summed E-state index contributed by atoms with van der Waals surface area (Å²) in [5.41, 5.74) is 7.40. The Morgan fingerprint density at radius 3 is 2.38 bits per heavy atom. The number of para-hydroxylation sites is 2. The zero-order valence-electron chi connectivity index (χ0n) is 12.6. The number of fused-ring (bicyclic) bond motifs is 1. The van der Waals surface area contributed by atoms with Crippen molar-refractivity contribution in [2.24, 2.45) is 0 Å². The van der Waals surface area contributed by atoms with Gasteiger partial charge in [-0.2, -0.15) is 0 Å². The van der Waals surface area contributed by atoms with Gasteiger partial charge in [-0.1, -0.05) is 12.1 Å². The van der Waals surface area contributed by atoms with E-state index in [2.05, 4.69) is 15.3 Å². The van der Waals surface area contributed by atoms with Crippen molar-refractivity contribution in [1.82, 2.24) is 14.9 Å². The number of nitrogens with one attached hydrogen (secondary N) is 1. The van der Waals surface area contributed by atoms with Gasteiger partial charge in [0.05, 0.1) is 11.0 Å². The lowest BCUT2D eigenvalue weighted by Crippen LogP contribution is -2.41. The van der Waals surface area contributed by atoms with Gasteiger partial charge in [0.25, 0.3) is 0 Å². The van der Waals surface area contributed by atoms with Crippen LogP contribution in [0.3, 0.4) is 0 Å². The maximum Gasteiger partial charge on any atom is 0.244 e. The molecule has 0 aliphatic rings. The molecule has 112 valence electrons. The Morgan fingerprint density at radius 2 is 1.81 bits per heavy atom. The smallest absolute Gasteiger partial charge is 0.244 e. The second-order valence-electron chi connectivity index (χ2n) is 4.82. The molecule has 0 spiro atoms. The molecule has 0 aliphatic carbocycles. The summed E-state index contributed by atoms with van der Waals surface area (Å²) in [7, 11) is 0. The second kappa shape index (κ2) is 6.39. The molecule has 6 heteroatoms. The predicted molar refractivity (Wildman–Crippen MR) is 85.0 cm³/mol. The first kappa shape index (κ1) is 15.0. The van der Waals surface area contributed by atoms with E-state index in [1.54, 1.807) is 11.8 Å². The van der Waals surface area contributed by atoms with E-state index in [0.29, 0.717) is 24.7 Å². The van der Waals surface area contributed by atoms with Crippen LogP contribution in [0.4, 0.5) is 11.6 Å². The van der Waals surface area contributed by atoms with Gasteiger partial charge in [0.2, 0.25) is 5.91 Å². The fraction of sp³-hybridized carbons (Fsp3) is 0.400. The maximum atomic E-state index is 12.3. The fourth-order valence-corrected chi connectivity index (χ4v) is 2.20. The number of hydrogen-bond donors (Lipinski definition) is 2. The molecule has 1 aromatic heterocycles. The van der Waals surface area contributed by atoms with Crippen LogP contribution < -0.4 is 11.1 Å². The van der Waals surface area contributed by atoms with Crippen LogP contribution in [0.15, 0.2) is 24.3 Å². The van der Waals surface area contributed by atoms with Gasteiger partial charge in [-0.25, -0.2) is 9.97 Å². The number of anilines is 2. The average Bonchev–Trinajstić information content (AvgIpc) is 2.49. The first-order valence-corrected chi connectivity index (χ1v) is 7.14. The third kappa shape index (κ3) is 3.21. The van der Waals surface area contributed by atoms with Gasteiger partial charge in [0.1, 0.15) is 6.04 Å². The number of aromatic nitrogens is 2. The number of amides is 1. The molecule has 1 aromatic carbocycles. The number of rotatable bonds is 5. The Bertz CT molecular complexity index is 639. The zero-order valence-corrected chi connectivity index (χ0v) is 12.6. The molecule has 0 saturated heterocycles. The van der Waals surface area contributed by atoms with Crippen molar-refractivity contribution in [2.45, 2.75) is 26.8 Å². The maximum absolute atomic E-state index is 12.3. The summed E-state index contributed by atoms with van der Waals surface area (Å²) in [6.45, 7) is 7.08. The number of likely N-dealkylation sites (N-methyl/N-ethyl adjacent to an activating group) is 1. The van der Waals surface area contributed by atoms with Gasteiger partial charge in [0, 0.05) is 13.1 Å². The number of benzene rings is 1. The van der Waals surface area contributed by atoms with Crippen LogP contribution >= 0.6 is 0 Å². The molecule has 2 aromatic rings. The molecule has 1 heterocycles. The van der Waals surface area contributed by atoms with Gasteiger partial charge in [-0.15, -0.1) is 0 Å². The molecule has 1 atom stereocenters. The first-order valence-electron chi connectivity index (χ1n) is 7.14. The van der Waals surface area contributed by atoms with E-state index in [4.69, 9.17) is 5.73 Å². The van der Waals surface area contributed by atoms with Crippen LogP contribution in [0.2, 0.25) is 0 Å². The highest BCUT2D eigenvalue weighted by molar-refractivity contribution is 5.86. The highest BCUT2D eigenvalue weighted by Crippen LogP contribution is 2.19. The quantitative estimate of drug-likeness (QED) is 0.877. The number of nitrogens with zero attached hydrogens (tertiary/aromatic N) is 3. The normalized spacial score (nSPS) is 12.1. The molecule has 1 unspecified atom stereocenters. The summed E-state index contributed by atoms with van der Waals surface area (Å²) >= 11 is 0. The van der Waals surface area contributed by atoms with E-state index in [9.17, 15) is 4.79 Å². The Morgan fingerprint density at radius 1 is 1.24 bits per heavy atom. The zero-order chi connectivity index (χ0) is 15.4. The fourth-order valence-electron chi connectivity index (χ4n) is 2.20. The van der Waals surface area contributed by atoms with Gasteiger partial charge >= 0.3 is 0 Å². The van der Waals surface area contributed by atoms with Crippen molar-refractivity contribution in [3.8, 4) is 0 Å². The molecule has 6 nitrogen and oxygen atoms in total. The summed E-state index contributed by atoms with van der Waals surface area (Å²) in [5.74, 6) is 0.768. The van der Waals surface area contributed by atoms with Gasteiger partial charge < -0.3 is 16.0 Å². The largest absolute Gasteiger partial charge is 0.381 e. The minimum atomic E-state index is -0.400. The number of nitrogen functional groups attached to an aromatic ring is 1. The number of carbonyl (C=O) groups excluding carboxylic acids is 1. The molecule has 1 amide bonds. The minimum absolute atomic E-state index is 0.0226. The molecule has 21 heavy (non-hydrogen) atoms. The molecular weight excluding hydrogens is 266 g/mol. The van der Waals surface area contributed by atoms with E-state index in [0.717, 1.165) is 11.0 Å². The van der Waals surface area contributed by atoms with E-state index >= 15 is 0 Å². The van der Waals surface area contributed by atoms with Crippen molar-refractivity contribution in [3.63, 3.8) is 0 Å². The average molecular weight is 287 g/mol. The molecule has 0 bridgehead atoms. The number of hydrogen-bond acceptors (Lipinski definition) is 5. The van der Waals surface area contributed by atoms with Crippen LogP contribution in [0.25, 0.3) is 11.0 Å². The van der Waals surface area contributed by atoms with Crippen LogP contribution in [0, 0.1) is 0 Å². The lowest BCUT2D eigenvalue weighted by atomic mass is 10.2. The topological polar surface area (TPSA) is 84.1 Å². The van der Waals surface area contributed by atoms with Crippen molar-refractivity contribution >= 4 is 28.6 Å². The van der Waals surface area contributed by atoms with Gasteiger partial charge in [-0.05, 0) is 32.9 Å². The predicted octanol–water partition coefficient (Wildman–Crippen LogP) is 1.88. The van der Waals surface area contributed by atoms with Gasteiger partial charge in [-0.3, -0.25) is 4.79 Å². The van der Waals surface area contributed by atoms with E-state index in [1.807, 2.05) is 38.1 Å². The number of nitrogens with two attached hydrogens (primary N) is 1. The molecule has 0 fully saturated rings. The summed E-state index contributed by atoms with van der Waals surface area (Å²) in [6.07, 6.45) is 0. The standard InChI is InChI=1S/C15H21N5O/c1-4-20(5-2)15(21)10(3)17-14-13(16)18-11-8-6-7-9-12(11)19-14/h6-10H,4-5H2,1-3H3,(H2,16,18)(H,17,19). The van der Waals surface area contributed by atoms with Crippen molar-refractivity contribution in [2.75, 3.05) is 24.1 Å². The van der Waals surface area contributed by atoms with Gasteiger partial charge in [0.15, 0.2) is 11.6 Å². The third-order valence-corrected chi connectivity index (χ3v) is 3.40. The molecule has 0 radical (unpaired) electrons. The molecular formula is C15H21N5O. The first-order chi connectivity index (χ1) is 10.1. The highest BCUT2D eigenvalue weighted by Gasteiger charge is 2.19. The van der Waals surface area contributed by atoms with Crippen LogP contribution in [0.1, 0.15) is 20.8 Å². The van der Waals surface area contributed by atoms with Crippen LogP contribution in [0.5, 0.6) is 0 Å². The third-order valence-electron chi connectivity index (χ3n) is 3.40. The Kier molecular flexibility index (Phi) is 4.57.